The Balaban J connectivity index is 1.92. The van der Waals surface area contributed by atoms with Crippen LogP contribution in [0.4, 0.5) is 0 Å². The summed E-state index contributed by atoms with van der Waals surface area (Å²) in [5.74, 6) is 0.287. The van der Waals surface area contributed by atoms with Gasteiger partial charge in [-0.3, -0.25) is 0 Å². The summed E-state index contributed by atoms with van der Waals surface area (Å²) in [6.45, 7) is 5.33. The molecule has 3 rings (SSSR count). The Morgan fingerprint density at radius 3 is 2.27 bits per heavy atom. The van der Waals surface area contributed by atoms with Crippen LogP contribution in [-0.4, -0.2) is 29.6 Å². The number of hydrogen-bond donors (Lipinski definition) is 1. The Bertz CT molecular complexity index is 583. The summed E-state index contributed by atoms with van der Waals surface area (Å²) in [5.41, 5.74) is 1.46. The van der Waals surface area contributed by atoms with E-state index in [9.17, 15) is 5.11 Å². The molecule has 2 aromatic carbocycles. The van der Waals surface area contributed by atoms with Crippen LogP contribution in [0.5, 0.6) is 0 Å². The molecule has 1 saturated heterocycles. The fourth-order valence-electron chi connectivity index (χ4n) is 3.63. The Hall–Kier alpha value is -1.64. The van der Waals surface area contributed by atoms with Gasteiger partial charge < -0.3 is 10.0 Å². The van der Waals surface area contributed by atoms with Crippen LogP contribution >= 0.6 is 0 Å². The average molecular weight is 295 g/mol. The first-order valence-electron chi connectivity index (χ1n) is 8.26. The molecule has 22 heavy (non-hydrogen) atoms. The van der Waals surface area contributed by atoms with Crippen molar-refractivity contribution in [2.45, 2.75) is 25.4 Å². The SMILES string of the molecule is CCN1CC[C@@H]([C@](O)(Cc2ccccc2)c2ccccc2)C1. The highest BCUT2D eigenvalue weighted by atomic mass is 16.3. The number of rotatable bonds is 5. The molecule has 0 aliphatic carbocycles. The average Bonchev–Trinajstić information content (AvgIpc) is 3.06. The monoisotopic (exact) mass is 295 g/mol. The van der Waals surface area contributed by atoms with Gasteiger partial charge in [0.05, 0.1) is 5.60 Å². The van der Waals surface area contributed by atoms with Crippen LogP contribution in [0.1, 0.15) is 24.5 Å². The van der Waals surface area contributed by atoms with Gasteiger partial charge in [-0.25, -0.2) is 0 Å². The Kier molecular flexibility index (Phi) is 4.60. The molecule has 0 aromatic heterocycles. The highest BCUT2D eigenvalue weighted by Crippen LogP contribution is 2.38. The Morgan fingerprint density at radius 1 is 1.05 bits per heavy atom. The summed E-state index contributed by atoms with van der Waals surface area (Å²) >= 11 is 0. The van der Waals surface area contributed by atoms with E-state index in [2.05, 4.69) is 36.1 Å². The predicted octanol–water partition coefficient (Wildman–Crippen LogP) is 3.46. The smallest absolute Gasteiger partial charge is 0.0977 e. The van der Waals surface area contributed by atoms with E-state index in [1.807, 2.05) is 36.4 Å². The molecular formula is C20H25NO. The standard InChI is InChI=1S/C20H25NO/c1-2-21-14-13-19(16-21)20(22,18-11-7-4-8-12-18)15-17-9-5-3-6-10-17/h3-12,19,22H,2,13-16H2,1H3/t19-,20+/m1/s1. The minimum atomic E-state index is -0.785. The first kappa shape index (κ1) is 15.3. The Morgan fingerprint density at radius 2 is 1.68 bits per heavy atom. The largest absolute Gasteiger partial charge is 0.384 e. The number of aliphatic hydroxyl groups is 1. The second kappa shape index (κ2) is 6.64. The molecule has 1 heterocycles. The first-order chi connectivity index (χ1) is 10.7. The molecule has 1 aliphatic rings. The van der Waals surface area contributed by atoms with E-state index in [1.54, 1.807) is 0 Å². The highest BCUT2D eigenvalue weighted by molar-refractivity contribution is 5.28. The number of benzene rings is 2. The minimum Gasteiger partial charge on any atom is -0.384 e. The van der Waals surface area contributed by atoms with Crippen molar-refractivity contribution in [3.63, 3.8) is 0 Å². The molecule has 0 radical (unpaired) electrons. The van der Waals surface area contributed by atoms with Gasteiger partial charge in [0.2, 0.25) is 0 Å². The van der Waals surface area contributed by atoms with E-state index < -0.39 is 5.60 Å². The fourth-order valence-corrected chi connectivity index (χ4v) is 3.63. The second-order valence-electron chi connectivity index (χ2n) is 6.33. The van der Waals surface area contributed by atoms with Crippen LogP contribution in [0.25, 0.3) is 0 Å². The van der Waals surface area contributed by atoms with Crippen molar-refractivity contribution < 1.29 is 5.11 Å². The van der Waals surface area contributed by atoms with Crippen molar-refractivity contribution >= 4 is 0 Å². The molecule has 1 N–H and O–H groups in total. The van der Waals surface area contributed by atoms with Gasteiger partial charge in [-0.15, -0.1) is 0 Å². The van der Waals surface area contributed by atoms with Gasteiger partial charge in [-0.1, -0.05) is 67.6 Å². The molecule has 0 saturated carbocycles. The van der Waals surface area contributed by atoms with Gasteiger partial charge in [0.1, 0.15) is 0 Å². The van der Waals surface area contributed by atoms with Gasteiger partial charge in [0.25, 0.3) is 0 Å². The lowest BCUT2D eigenvalue weighted by atomic mass is 9.76. The molecule has 0 bridgehead atoms. The van der Waals surface area contributed by atoms with Crippen molar-refractivity contribution in [1.29, 1.82) is 0 Å². The molecule has 0 unspecified atom stereocenters. The van der Waals surface area contributed by atoms with Gasteiger partial charge in [-0.05, 0) is 30.6 Å². The zero-order valence-corrected chi connectivity index (χ0v) is 13.3. The van der Waals surface area contributed by atoms with Gasteiger partial charge in [0, 0.05) is 18.9 Å². The predicted molar refractivity (Wildman–Crippen MR) is 90.7 cm³/mol. The fraction of sp³-hybridized carbons (Fsp3) is 0.400. The van der Waals surface area contributed by atoms with Crippen LogP contribution in [0.3, 0.4) is 0 Å². The van der Waals surface area contributed by atoms with Crippen LogP contribution in [0.2, 0.25) is 0 Å². The second-order valence-corrected chi connectivity index (χ2v) is 6.33. The molecule has 0 spiro atoms. The quantitative estimate of drug-likeness (QED) is 0.913. The van der Waals surface area contributed by atoms with E-state index in [4.69, 9.17) is 0 Å². The third-order valence-corrected chi connectivity index (χ3v) is 4.99. The molecular weight excluding hydrogens is 270 g/mol. The van der Waals surface area contributed by atoms with E-state index >= 15 is 0 Å². The van der Waals surface area contributed by atoms with Crippen molar-refractivity contribution in [3.8, 4) is 0 Å². The molecule has 116 valence electrons. The number of likely N-dealkylation sites (tertiary alicyclic amines) is 1. The molecule has 1 aliphatic heterocycles. The maximum atomic E-state index is 11.6. The van der Waals surface area contributed by atoms with Crippen LogP contribution in [0.15, 0.2) is 60.7 Å². The maximum absolute atomic E-state index is 11.6. The summed E-state index contributed by atoms with van der Waals surface area (Å²) in [7, 11) is 0. The molecule has 2 atom stereocenters. The summed E-state index contributed by atoms with van der Waals surface area (Å²) in [4.78, 5) is 2.43. The van der Waals surface area contributed by atoms with Crippen molar-refractivity contribution in [2.24, 2.45) is 5.92 Å². The zero-order valence-electron chi connectivity index (χ0n) is 13.3. The summed E-state index contributed by atoms with van der Waals surface area (Å²) in [6.07, 6.45) is 1.74. The number of nitrogens with zero attached hydrogens (tertiary/aromatic N) is 1. The lowest BCUT2D eigenvalue weighted by Crippen LogP contribution is -2.39. The maximum Gasteiger partial charge on any atom is 0.0977 e. The van der Waals surface area contributed by atoms with Gasteiger partial charge >= 0.3 is 0 Å². The van der Waals surface area contributed by atoms with Crippen molar-refractivity contribution in [3.05, 3.63) is 71.8 Å². The number of hydrogen-bond acceptors (Lipinski definition) is 2. The molecule has 1 fully saturated rings. The van der Waals surface area contributed by atoms with Gasteiger partial charge in [-0.2, -0.15) is 0 Å². The van der Waals surface area contributed by atoms with E-state index in [0.29, 0.717) is 6.42 Å². The molecule has 2 heteroatoms. The highest BCUT2D eigenvalue weighted by Gasteiger charge is 2.41. The summed E-state index contributed by atoms with van der Waals surface area (Å²) in [6, 6.07) is 20.5. The molecule has 2 aromatic rings. The van der Waals surface area contributed by atoms with E-state index in [0.717, 1.165) is 31.6 Å². The summed E-state index contributed by atoms with van der Waals surface area (Å²) < 4.78 is 0. The van der Waals surface area contributed by atoms with E-state index in [1.165, 1.54) is 5.56 Å². The zero-order chi connectivity index (χ0) is 15.4. The summed E-state index contributed by atoms with van der Waals surface area (Å²) in [5, 5.41) is 11.6. The van der Waals surface area contributed by atoms with Crippen LogP contribution < -0.4 is 0 Å². The minimum absolute atomic E-state index is 0.287. The lowest BCUT2D eigenvalue weighted by Gasteiger charge is -2.35. The normalized spacial score (nSPS) is 21.6. The third kappa shape index (κ3) is 3.08. The van der Waals surface area contributed by atoms with Crippen molar-refractivity contribution in [1.82, 2.24) is 4.90 Å². The topological polar surface area (TPSA) is 23.5 Å². The molecule has 2 nitrogen and oxygen atoms in total. The first-order valence-corrected chi connectivity index (χ1v) is 8.26. The molecule has 0 amide bonds. The van der Waals surface area contributed by atoms with Crippen molar-refractivity contribution in [2.75, 3.05) is 19.6 Å². The van der Waals surface area contributed by atoms with Gasteiger partial charge in [0.15, 0.2) is 0 Å². The lowest BCUT2D eigenvalue weighted by molar-refractivity contribution is -0.0202. The third-order valence-electron chi connectivity index (χ3n) is 4.99. The Labute approximate surface area is 133 Å². The van der Waals surface area contributed by atoms with Crippen LogP contribution in [-0.2, 0) is 12.0 Å². The van der Waals surface area contributed by atoms with E-state index in [-0.39, 0.29) is 5.92 Å². The van der Waals surface area contributed by atoms with Crippen LogP contribution in [0, 0.1) is 5.92 Å².